The molecule has 0 radical (unpaired) electrons. The number of hydrogen-bond acceptors (Lipinski definition) is 2. The van der Waals surface area contributed by atoms with E-state index in [-0.39, 0.29) is 5.78 Å². The molecule has 0 fully saturated rings. The first-order valence-electron chi connectivity index (χ1n) is 6.11. The third-order valence-electron chi connectivity index (χ3n) is 3.34. The third-order valence-corrected chi connectivity index (χ3v) is 3.34. The van der Waals surface area contributed by atoms with Crippen molar-refractivity contribution in [3.63, 3.8) is 0 Å². The molecule has 2 heteroatoms. The minimum atomic E-state index is -1.12. The number of carbonyl (C=O) groups excluding carboxylic acids is 1. The van der Waals surface area contributed by atoms with Crippen molar-refractivity contribution in [2.45, 2.75) is 26.4 Å². The minimum absolute atomic E-state index is 0.0295. The second-order valence-corrected chi connectivity index (χ2v) is 5.17. The average molecular weight is 242 g/mol. The smallest absolute Gasteiger partial charge is 0.173 e. The van der Waals surface area contributed by atoms with Crippen molar-refractivity contribution in [2.75, 3.05) is 0 Å². The summed E-state index contributed by atoms with van der Waals surface area (Å²) in [6, 6.07) is 9.13. The predicted octanol–water partition coefficient (Wildman–Crippen LogP) is 3.14. The lowest BCUT2D eigenvalue weighted by molar-refractivity contribution is 0.0485. The van der Waals surface area contributed by atoms with Gasteiger partial charge in [0, 0.05) is 5.56 Å². The summed E-state index contributed by atoms with van der Waals surface area (Å²) >= 11 is 0. The molecule has 0 aliphatic heterocycles. The van der Waals surface area contributed by atoms with Crippen LogP contribution in [-0.2, 0) is 0 Å². The first-order chi connectivity index (χ1) is 8.42. The van der Waals surface area contributed by atoms with Crippen molar-refractivity contribution in [2.24, 2.45) is 5.92 Å². The molecule has 1 aromatic rings. The van der Waals surface area contributed by atoms with Crippen LogP contribution < -0.4 is 0 Å². The summed E-state index contributed by atoms with van der Waals surface area (Å²) in [5.41, 5.74) is 1.43. The lowest BCUT2D eigenvalue weighted by Crippen LogP contribution is -2.40. The van der Waals surface area contributed by atoms with Crippen LogP contribution in [0.4, 0.5) is 0 Å². The molecule has 1 aliphatic rings. The number of allylic oxidation sites excluding steroid dienone is 2. The van der Waals surface area contributed by atoms with E-state index in [0.29, 0.717) is 5.56 Å². The quantitative estimate of drug-likeness (QED) is 0.809. The van der Waals surface area contributed by atoms with Gasteiger partial charge in [0.2, 0.25) is 0 Å². The van der Waals surface area contributed by atoms with Gasteiger partial charge in [-0.3, -0.25) is 4.79 Å². The summed E-state index contributed by atoms with van der Waals surface area (Å²) in [7, 11) is 0. The van der Waals surface area contributed by atoms with Crippen molar-refractivity contribution in [1.29, 1.82) is 0 Å². The highest BCUT2D eigenvalue weighted by Gasteiger charge is 2.39. The summed E-state index contributed by atoms with van der Waals surface area (Å²) in [5, 5.41) is 10.5. The SMILES string of the molecule is CC1=CC(C)(O)C(C(=O)c2ccccc2)C(C)=C1. The second-order valence-electron chi connectivity index (χ2n) is 5.17. The molecular weight excluding hydrogens is 224 g/mol. The molecule has 2 atom stereocenters. The summed E-state index contributed by atoms with van der Waals surface area (Å²) in [5.74, 6) is -0.526. The Kier molecular flexibility index (Phi) is 3.22. The summed E-state index contributed by atoms with van der Waals surface area (Å²) in [6.07, 6.45) is 3.72. The maximum Gasteiger partial charge on any atom is 0.173 e. The Hall–Kier alpha value is -1.67. The Bertz CT molecular complexity index is 521. The van der Waals surface area contributed by atoms with Crippen molar-refractivity contribution < 1.29 is 9.90 Å². The van der Waals surface area contributed by atoms with E-state index in [4.69, 9.17) is 0 Å². The molecule has 2 rings (SSSR count). The van der Waals surface area contributed by atoms with Crippen molar-refractivity contribution >= 4 is 5.78 Å². The molecule has 1 aromatic carbocycles. The van der Waals surface area contributed by atoms with Crippen molar-refractivity contribution in [1.82, 2.24) is 0 Å². The molecule has 0 amide bonds. The second kappa shape index (κ2) is 4.54. The van der Waals surface area contributed by atoms with Crippen LogP contribution in [-0.4, -0.2) is 16.5 Å². The van der Waals surface area contributed by atoms with E-state index >= 15 is 0 Å². The largest absolute Gasteiger partial charge is 0.385 e. The summed E-state index contributed by atoms with van der Waals surface area (Å²) in [4.78, 5) is 12.5. The van der Waals surface area contributed by atoms with Crippen molar-refractivity contribution in [3.8, 4) is 0 Å². The number of carbonyl (C=O) groups is 1. The van der Waals surface area contributed by atoms with Gasteiger partial charge in [-0.05, 0) is 26.8 Å². The number of benzene rings is 1. The number of hydrogen-bond donors (Lipinski definition) is 1. The van der Waals surface area contributed by atoms with Gasteiger partial charge in [-0.15, -0.1) is 0 Å². The van der Waals surface area contributed by atoms with Crippen LogP contribution in [0.1, 0.15) is 31.1 Å². The molecule has 18 heavy (non-hydrogen) atoms. The standard InChI is InChI=1S/C16H18O2/c1-11-9-12(2)14(16(3,18)10-11)15(17)13-7-5-4-6-8-13/h4-10,14,18H,1-3H3. The molecule has 1 aliphatic carbocycles. The van der Waals surface area contributed by atoms with Gasteiger partial charge in [0.1, 0.15) is 0 Å². The molecule has 1 N–H and O–H groups in total. The van der Waals surface area contributed by atoms with Gasteiger partial charge < -0.3 is 5.11 Å². The summed E-state index contributed by atoms with van der Waals surface area (Å²) < 4.78 is 0. The Morgan fingerprint density at radius 1 is 1.22 bits per heavy atom. The van der Waals surface area contributed by atoms with Gasteiger partial charge in [0.15, 0.2) is 5.78 Å². The molecule has 2 unspecified atom stereocenters. The first-order valence-corrected chi connectivity index (χ1v) is 6.11. The van der Waals surface area contributed by atoms with E-state index in [2.05, 4.69) is 0 Å². The van der Waals surface area contributed by atoms with Gasteiger partial charge in [0.25, 0.3) is 0 Å². The predicted molar refractivity (Wildman–Crippen MR) is 72.4 cm³/mol. The number of ketones is 1. The number of aliphatic hydroxyl groups is 1. The van der Waals surface area contributed by atoms with Gasteiger partial charge in [-0.25, -0.2) is 0 Å². The van der Waals surface area contributed by atoms with Crippen LogP contribution >= 0.6 is 0 Å². The fourth-order valence-electron chi connectivity index (χ4n) is 2.73. The summed E-state index contributed by atoms with van der Waals surface area (Å²) in [6.45, 7) is 5.52. The lowest BCUT2D eigenvalue weighted by Gasteiger charge is -2.33. The van der Waals surface area contributed by atoms with Crippen LogP contribution in [0.2, 0.25) is 0 Å². The monoisotopic (exact) mass is 242 g/mol. The molecular formula is C16H18O2. The molecule has 2 nitrogen and oxygen atoms in total. The van der Waals surface area contributed by atoms with Crippen LogP contribution in [0.5, 0.6) is 0 Å². The minimum Gasteiger partial charge on any atom is -0.385 e. The van der Waals surface area contributed by atoms with E-state index in [1.54, 1.807) is 25.1 Å². The zero-order valence-corrected chi connectivity index (χ0v) is 11.0. The molecule has 0 saturated heterocycles. The Morgan fingerprint density at radius 3 is 2.39 bits per heavy atom. The van der Waals surface area contributed by atoms with Crippen LogP contribution in [0.3, 0.4) is 0 Å². The Morgan fingerprint density at radius 2 is 1.83 bits per heavy atom. The highest BCUT2D eigenvalue weighted by Crippen LogP contribution is 2.34. The highest BCUT2D eigenvalue weighted by molar-refractivity contribution is 6.00. The molecule has 0 bridgehead atoms. The van der Waals surface area contributed by atoms with E-state index in [1.165, 1.54) is 0 Å². The molecule has 94 valence electrons. The van der Waals surface area contributed by atoms with E-state index in [9.17, 15) is 9.90 Å². The van der Waals surface area contributed by atoms with E-state index < -0.39 is 11.5 Å². The lowest BCUT2D eigenvalue weighted by atomic mass is 9.74. The fourth-order valence-corrected chi connectivity index (χ4v) is 2.73. The van der Waals surface area contributed by atoms with Gasteiger partial charge in [-0.1, -0.05) is 47.6 Å². The zero-order valence-electron chi connectivity index (χ0n) is 11.0. The van der Waals surface area contributed by atoms with Crippen molar-refractivity contribution in [3.05, 3.63) is 59.2 Å². The fraction of sp³-hybridized carbons (Fsp3) is 0.312. The zero-order chi connectivity index (χ0) is 13.3. The highest BCUT2D eigenvalue weighted by atomic mass is 16.3. The average Bonchev–Trinajstić information content (AvgIpc) is 2.27. The van der Waals surface area contributed by atoms with Crippen LogP contribution in [0.15, 0.2) is 53.6 Å². The molecule has 0 saturated carbocycles. The molecule has 0 spiro atoms. The maximum absolute atomic E-state index is 12.5. The number of rotatable bonds is 2. The van der Waals surface area contributed by atoms with Gasteiger partial charge >= 0.3 is 0 Å². The van der Waals surface area contributed by atoms with Crippen LogP contribution in [0.25, 0.3) is 0 Å². The third kappa shape index (κ3) is 2.29. The van der Waals surface area contributed by atoms with Crippen LogP contribution in [0, 0.1) is 5.92 Å². The Labute approximate surface area is 108 Å². The first kappa shape index (κ1) is 12.8. The van der Waals surface area contributed by atoms with E-state index in [1.807, 2.05) is 38.1 Å². The Balaban J connectivity index is 2.40. The molecule has 0 heterocycles. The van der Waals surface area contributed by atoms with Gasteiger partial charge in [0.05, 0.1) is 11.5 Å². The number of Topliss-reactive ketones (excluding diaryl/α,β-unsaturated/α-hetero) is 1. The molecule has 0 aromatic heterocycles. The topological polar surface area (TPSA) is 37.3 Å². The van der Waals surface area contributed by atoms with Gasteiger partial charge in [-0.2, -0.15) is 0 Å². The maximum atomic E-state index is 12.5. The normalized spacial score (nSPS) is 27.4. The van der Waals surface area contributed by atoms with E-state index in [0.717, 1.165) is 11.1 Å².